The summed E-state index contributed by atoms with van der Waals surface area (Å²) in [6.07, 6.45) is 2.28. The Morgan fingerprint density at radius 2 is 1.67 bits per heavy atom. The minimum Gasteiger partial charge on any atom is -0.354 e. The van der Waals surface area contributed by atoms with Crippen molar-refractivity contribution in [1.82, 2.24) is 9.97 Å². The van der Waals surface area contributed by atoms with E-state index in [2.05, 4.69) is 35.4 Å². The standard InChI is InChI=1S/C18H19N3/c1-2-3-13-19-18-20-16-12-8-7-11-15(16)17(21-18)14-9-5-4-6-10-14/h4-12H,2-3,13H2,1H3,(H,19,20,21). The van der Waals surface area contributed by atoms with Gasteiger partial charge in [-0.15, -0.1) is 0 Å². The molecule has 0 unspecified atom stereocenters. The predicted molar refractivity (Wildman–Crippen MR) is 88.4 cm³/mol. The zero-order valence-corrected chi connectivity index (χ0v) is 12.2. The van der Waals surface area contributed by atoms with E-state index in [1.54, 1.807) is 0 Å². The number of hydrogen-bond donors (Lipinski definition) is 1. The van der Waals surface area contributed by atoms with Crippen LogP contribution in [0, 0.1) is 0 Å². The van der Waals surface area contributed by atoms with Crippen molar-refractivity contribution >= 4 is 16.9 Å². The van der Waals surface area contributed by atoms with E-state index in [1.165, 1.54) is 0 Å². The Morgan fingerprint density at radius 3 is 2.48 bits per heavy atom. The summed E-state index contributed by atoms with van der Waals surface area (Å²) in [6.45, 7) is 3.08. The molecule has 106 valence electrons. The van der Waals surface area contributed by atoms with Gasteiger partial charge in [-0.3, -0.25) is 0 Å². The number of benzene rings is 2. The Kier molecular flexibility index (Phi) is 4.10. The van der Waals surface area contributed by atoms with Crippen LogP contribution in [0.2, 0.25) is 0 Å². The molecule has 1 N–H and O–H groups in total. The first-order valence-corrected chi connectivity index (χ1v) is 7.44. The van der Waals surface area contributed by atoms with Crippen LogP contribution >= 0.6 is 0 Å². The zero-order chi connectivity index (χ0) is 14.5. The minimum atomic E-state index is 0.709. The second kappa shape index (κ2) is 6.35. The van der Waals surface area contributed by atoms with E-state index in [0.717, 1.165) is 41.5 Å². The normalized spacial score (nSPS) is 10.7. The number of para-hydroxylation sites is 1. The number of nitrogens with zero attached hydrogens (tertiary/aromatic N) is 2. The largest absolute Gasteiger partial charge is 0.354 e. The van der Waals surface area contributed by atoms with Crippen LogP contribution in [0.5, 0.6) is 0 Å². The van der Waals surface area contributed by atoms with Crippen molar-refractivity contribution in [3.8, 4) is 11.3 Å². The highest BCUT2D eigenvalue weighted by atomic mass is 15.1. The molecule has 3 aromatic rings. The monoisotopic (exact) mass is 277 g/mol. The van der Waals surface area contributed by atoms with E-state index in [1.807, 2.05) is 36.4 Å². The summed E-state index contributed by atoms with van der Waals surface area (Å²) in [7, 11) is 0. The van der Waals surface area contributed by atoms with E-state index in [4.69, 9.17) is 4.98 Å². The molecule has 3 heteroatoms. The van der Waals surface area contributed by atoms with Gasteiger partial charge in [-0.25, -0.2) is 9.97 Å². The molecule has 0 saturated carbocycles. The van der Waals surface area contributed by atoms with Crippen LogP contribution in [-0.4, -0.2) is 16.5 Å². The summed E-state index contributed by atoms with van der Waals surface area (Å²) in [5.74, 6) is 0.709. The fraction of sp³-hybridized carbons (Fsp3) is 0.222. The SMILES string of the molecule is CCCCNc1nc(-c2ccccc2)c2ccccc2n1. The molecule has 0 radical (unpaired) electrons. The minimum absolute atomic E-state index is 0.709. The summed E-state index contributed by atoms with van der Waals surface area (Å²) >= 11 is 0. The molecule has 0 bridgehead atoms. The average Bonchev–Trinajstić information content (AvgIpc) is 2.55. The van der Waals surface area contributed by atoms with Crippen LogP contribution < -0.4 is 5.32 Å². The van der Waals surface area contributed by atoms with Gasteiger partial charge in [0.25, 0.3) is 0 Å². The highest BCUT2D eigenvalue weighted by Gasteiger charge is 2.08. The molecule has 0 fully saturated rings. The predicted octanol–water partition coefficient (Wildman–Crippen LogP) is 4.51. The highest BCUT2D eigenvalue weighted by molar-refractivity contribution is 5.93. The lowest BCUT2D eigenvalue weighted by Gasteiger charge is -2.10. The maximum atomic E-state index is 4.72. The molecule has 3 rings (SSSR count). The molecule has 0 saturated heterocycles. The highest BCUT2D eigenvalue weighted by Crippen LogP contribution is 2.26. The Hall–Kier alpha value is -2.42. The fourth-order valence-corrected chi connectivity index (χ4v) is 2.35. The topological polar surface area (TPSA) is 37.8 Å². The van der Waals surface area contributed by atoms with Crippen molar-refractivity contribution < 1.29 is 0 Å². The van der Waals surface area contributed by atoms with E-state index < -0.39 is 0 Å². The van der Waals surface area contributed by atoms with Crippen LogP contribution in [0.25, 0.3) is 22.2 Å². The molecule has 3 nitrogen and oxygen atoms in total. The van der Waals surface area contributed by atoms with Crippen molar-refractivity contribution in [3.63, 3.8) is 0 Å². The summed E-state index contributed by atoms with van der Waals surface area (Å²) < 4.78 is 0. The van der Waals surface area contributed by atoms with Crippen LogP contribution in [0.3, 0.4) is 0 Å². The molecule has 21 heavy (non-hydrogen) atoms. The molecule has 0 spiro atoms. The number of nitrogens with one attached hydrogen (secondary N) is 1. The summed E-state index contributed by atoms with van der Waals surface area (Å²) in [4.78, 5) is 9.33. The first-order valence-electron chi connectivity index (χ1n) is 7.44. The summed E-state index contributed by atoms with van der Waals surface area (Å²) in [5.41, 5.74) is 3.08. The fourth-order valence-electron chi connectivity index (χ4n) is 2.35. The summed E-state index contributed by atoms with van der Waals surface area (Å²) in [5, 5.41) is 4.41. The molecule has 0 aliphatic rings. The van der Waals surface area contributed by atoms with Gasteiger partial charge in [0.05, 0.1) is 11.2 Å². The molecule has 1 aromatic heterocycles. The molecule has 2 aromatic carbocycles. The number of aromatic nitrogens is 2. The molecule has 0 atom stereocenters. The van der Waals surface area contributed by atoms with E-state index in [-0.39, 0.29) is 0 Å². The van der Waals surface area contributed by atoms with Crippen molar-refractivity contribution in [2.75, 3.05) is 11.9 Å². The number of unbranched alkanes of at least 4 members (excludes halogenated alkanes) is 1. The number of fused-ring (bicyclic) bond motifs is 1. The zero-order valence-electron chi connectivity index (χ0n) is 12.2. The maximum absolute atomic E-state index is 4.72. The van der Waals surface area contributed by atoms with E-state index in [9.17, 15) is 0 Å². The number of rotatable bonds is 5. The Labute approximate surface area is 125 Å². The molecule has 0 aliphatic carbocycles. The van der Waals surface area contributed by atoms with Gasteiger partial charge in [0, 0.05) is 17.5 Å². The third kappa shape index (κ3) is 3.02. The van der Waals surface area contributed by atoms with Crippen LogP contribution in [0.15, 0.2) is 54.6 Å². The Bertz CT molecular complexity index is 723. The molecule has 0 aliphatic heterocycles. The second-order valence-electron chi connectivity index (χ2n) is 5.06. The van der Waals surface area contributed by atoms with E-state index >= 15 is 0 Å². The Morgan fingerprint density at radius 1 is 0.905 bits per heavy atom. The van der Waals surface area contributed by atoms with Gasteiger partial charge < -0.3 is 5.32 Å². The van der Waals surface area contributed by atoms with Crippen LogP contribution in [0.1, 0.15) is 19.8 Å². The third-order valence-corrected chi connectivity index (χ3v) is 3.46. The average molecular weight is 277 g/mol. The van der Waals surface area contributed by atoms with Gasteiger partial charge >= 0.3 is 0 Å². The van der Waals surface area contributed by atoms with E-state index in [0.29, 0.717) is 5.95 Å². The van der Waals surface area contributed by atoms with Crippen molar-refractivity contribution in [1.29, 1.82) is 0 Å². The lowest BCUT2D eigenvalue weighted by molar-refractivity contribution is 0.827. The van der Waals surface area contributed by atoms with Gasteiger partial charge in [-0.05, 0) is 12.5 Å². The smallest absolute Gasteiger partial charge is 0.223 e. The molecule has 0 amide bonds. The number of hydrogen-bond acceptors (Lipinski definition) is 3. The van der Waals surface area contributed by atoms with Gasteiger partial charge in [0.2, 0.25) is 5.95 Å². The quantitative estimate of drug-likeness (QED) is 0.697. The van der Waals surface area contributed by atoms with Gasteiger partial charge in [0.1, 0.15) is 0 Å². The first-order chi connectivity index (χ1) is 10.4. The first kappa shape index (κ1) is 13.6. The van der Waals surface area contributed by atoms with Gasteiger partial charge in [0.15, 0.2) is 0 Å². The van der Waals surface area contributed by atoms with Gasteiger partial charge in [-0.2, -0.15) is 0 Å². The van der Waals surface area contributed by atoms with Crippen molar-refractivity contribution in [2.24, 2.45) is 0 Å². The maximum Gasteiger partial charge on any atom is 0.223 e. The molecule has 1 heterocycles. The lowest BCUT2D eigenvalue weighted by atomic mass is 10.1. The summed E-state index contributed by atoms with van der Waals surface area (Å²) in [6, 6.07) is 18.4. The van der Waals surface area contributed by atoms with Crippen molar-refractivity contribution in [3.05, 3.63) is 54.6 Å². The van der Waals surface area contributed by atoms with Crippen LogP contribution in [-0.2, 0) is 0 Å². The Balaban J connectivity index is 2.08. The molecular formula is C18H19N3. The lowest BCUT2D eigenvalue weighted by Crippen LogP contribution is -2.06. The third-order valence-electron chi connectivity index (χ3n) is 3.46. The van der Waals surface area contributed by atoms with Crippen molar-refractivity contribution in [2.45, 2.75) is 19.8 Å². The van der Waals surface area contributed by atoms with Crippen LogP contribution in [0.4, 0.5) is 5.95 Å². The second-order valence-corrected chi connectivity index (χ2v) is 5.06. The number of anilines is 1. The molecular weight excluding hydrogens is 258 g/mol. The van der Waals surface area contributed by atoms with Gasteiger partial charge in [-0.1, -0.05) is 61.9 Å².